The third-order valence-corrected chi connectivity index (χ3v) is 5.10. The van der Waals surface area contributed by atoms with Crippen LogP contribution in [0.15, 0.2) is 0 Å². The van der Waals surface area contributed by atoms with Crippen LogP contribution in [0.3, 0.4) is 0 Å². The molecule has 6 heteroatoms. The number of amides is 2. The minimum Gasteiger partial charge on any atom is -0.479 e. The highest BCUT2D eigenvalue weighted by Gasteiger charge is 2.39. The summed E-state index contributed by atoms with van der Waals surface area (Å²) in [6.45, 7) is 1.79. The van der Waals surface area contributed by atoms with Gasteiger partial charge in [0, 0.05) is 19.1 Å². The van der Waals surface area contributed by atoms with Crippen LogP contribution in [-0.4, -0.2) is 65.3 Å². The van der Waals surface area contributed by atoms with E-state index < -0.39 is 12.1 Å². The summed E-state index contributed by atoms with van der Waals surface area (Å²) in [5.74, 6) is -0.338. The van der Waals surface area contributed by atoms with Gasteiger partial charge in [-0.25, -0.2) is 9.59 Å². The van der Waals surface area contributed by atoms with Crippen molar-refractivity contribution < 1.29 is 19.4 Å². The zero-order valence-electron chi connectivity index (χ0n) is 12.4. The maximum absolute atomic E-state index is 12.8. The molecule has 1 N–H and O–H groups in total. The molecule has 0 spiro atoms. The fourth-order valence-corrected chi connectivity index (χ4v) is 4.02. The van der Waals surface area contributed by atoms with Crippen molar-refractivity contribution in [2.24, 2.45) is 5.92 Å². The second-order valence-electron chi connectivity index (χ2n) is 6.37. The van der Waals surface area contributed by atoms with E-state index in [1.54, 1.807) is 4.90 Å². The van der Waals surface area contributed by atoms with Crippen LogP contribution in [0.5, 0.6) is 0 Å². The molecule has 3 rings (SSSR count). The second-order valence-corrected chi connectivity index (χ2v) is 6.37. The summed E-state index contributed by atoms with van der Waals surface area (Å²) in [6, 6.07) is 0.382. The number of piperidine rings is 1. The van der Waals surface area contributed by atoms with Gasteiger partial charge in [0.05, 0.1) is 13.2 Å². The first kappa shape index (κ1) is 14.6. The Morgan fingerprint density at radius 3 is 2.62 bits per heavy atom. The Morgan fingerprint density at radius 1 is 1.05 bits per heavy atom. The SMILES string of the molecule is O=C(O)C1CN(C(=O)N2CCC[C@H]3CCCC[C@H]32)CCO1. The molecule has 1 unspecified atom stereocenters. The molecule has 1 saturated carbocycles. The molecular weight excluding hydrogens is 272 g/mol. The Labute approximate surface area is 125 Å². The van der Waals surface area contributed by atoms with Crippen LogP contribution in [0, 0.1) is 5.92 Å². The number of morpholine rings is 1. The van der Waals surface area contributed by atoms with Crippen LogP contribution < -0.4 is 0 Å². The van der Waals surface area contributed by atoms with Gasteiger partial charge in [-0.3, -0.25) is 0 Å². The Morgan fingerprint density at radius 2 is 1.81 bits per heavy atom. The van der Waals surface area contributed by atoms with Crippen molar-refractivity contribution in [3.8, 4) is 0 Å². The van der Waals surface area contributed by atoms with Crippen LogP contribution in [0.25, 0.3) is 0 Å². The highest BCUT2D eigenvalue weighted by molar-refractivity contribution is 5.78. The third kappa shape index (κ3) is 3.00. The van der Waals surface area contributed by atoms with Crippen molar-refractivity contribution >= 4 is 12.0 Å². The molecule has 0 radical (unpaired) electrons. The lowest BCUT2D eigenvalue weighted by Crippen LogP contribution is -2.58. The van der Waals surface area contributed by atoms with Gasteiger partial charge in [-0.15, -0.1) is 0 Å². The fourth-order valence-electron chi connectivity index (χ4n) is 4.02. The number of carbonyl (C=O) groups excluding carboxylic acids is 1. The van der Waals surface area contributed by atoms with E-state index >= 15 is 0 Å². The molecule has 118 valence electrons. The highest BCUT2D eigenvalue weighted by Crippen LogP contribution is 2.35. The summed E-state index contributed by atoms with van der Waals surface area (Å²) in [4.78, 5) is 27.5. The van der Waals surface area contributed by atoms with Gasteiger partial charge in [0.2, 0.25) is 0 Å². The molecule has 2 aliphatic heterocycles. The number of rotatable bonds is 1. The molecule has 3 aliphatic rings. The average molecular weight is 296 g/mol. The molecule has 2 amide bonds. The zero-order valence-corrected chi connectivity index (χ0v) is 12.4. The number of carbonyl (C=O) groups is 2. The fraction of sp³-hybridized carbons (Fsp3) is 0.867. The van der Waals surface area contributed by atoms with E-state index in [0.717, 1.165) is 19.4 Å². The van der Waals surface area contributed by atoms with Gasteiger partial charge in [0.25, 0.3) is 0 Å². The van der Waals surface area contributed by atoms with E-state index in [4.69, 9.17) is 9.84 Å². The van der Waals surface area contributed by atoms with Gasteiger partial charge < -0.3 is 19.6 Å². The molecule has 3 atom stereocenters. The van der Waals surface area contributed by atoms with Crippen molar-refractivity contribution in [3.63, 3.8) is 0 Å². The first-order valence-corrected chi connectivity index (χ1v) is 8.07. The van der Waals surface area contributed by atoms with Crippen LogP contribution in [-0.2, 0) is 9.53 Å². The van der Waals surface area contributed by atoms with Gasteiger partial charge in [-0.1, -0.05) is 12.8 Å². The maximum Gasteiger partial charge on any atom is 0.334 e. The van der Waals surface area contributed by atoms with Crippen molar-refractivity contribution in [3.05, 3.63) is 0 Å². The summed E-state index contributed by atoms with van der Waals surface area (Å²) in [5.41, 5.74) is 0. The van der Waals surface area contributed by atoms with E-state index in [9.17, 15) is 9.59 Å². The second kappa shape index (κ2) is 6.22. The Balaban J connectivity index is 1.67. The molecule has 0 aromatic heterocycles. The van der Waals surface area contributed by atoms with Crippen LogP contribution >= 0.6 is 0 Å². The van der Waals surface area contributed by atoms with Crippen LogP contribution in [0.4, 0.5) is 4.79 Å². The lowest BCUT2D eigenvalue weighted by Gasteiger charge is -2.46. The lowest BCUT2D eigenvalue weighted by atomic mass is 9.78. The third-order valence-electron chi connectivity index (χ3n) is 5.10. The van der Waals surface area contributed by atoms with Crippen LogP contribution in [0.2, 0.25) is 0 Å². The summed E-state index contributed by atoms with van der Waals surface area (Å²) in [6.07, 6.45) is 6.23. The van der Waals surface area contributed by atoms with Gasteiger partial charge in [-0.2, -0.15) is 0 Å². The molecule has 1 aliphatic carbocycles. The quantitative estimate of drug-likeness (QED) is 0.797. The molecular formula is C15H24N2O4. The van der Waals surface area contributed by atoms with Crippen molar-refractivity contribution in [1.29, 1.82) is 0 Å². The van der Waals surface area contributed by atoms with E-state index in [2.05, 4.69) is 0 Å². The van der Waals surface area contributed by atoms with E-state index in [1.807, 2.05) is 4.90 Å². The zero-order chi connectivity index (χ0) is 14.8. The molecule has 3 fully saturated rings. The maximum atomic E-state index is 12.8. The average Bonchev–Trinajstić information content (AvgIpc) is 2.53. The number of carboxylic acid groups (broad SMARTS) is 1. The molecule has 6 nitrogen and oxygen atoms in total. The van der Waals surface area contributed by atoms with Crippen molar-refractivity contribution in [2.75, 3.05) is 26.2 Å². The molecule has 21 heavy (non-hydrogen) atoms. The van der Waals surface area contributed by atoms with E-state index in [-0.39, 0.29) is 12.6 Å². The van der Waals surface area contributed by atoms with Crippen LogP contribution in [0.1, 0.15) is 38.5 Å². The number of aliphatic carboxylic acids is 1. The Hall–Kier alpha value is -1.30. The molecule has 0 aromatic carbocycles. The Bertz CT molecular complexity index is 412. The minimum absolute atomic E-state index is 0.0150. The summed E-state index contributed by atoms with van der Waals surface area (Å²) >= 11 is 0. The van der Waals surface area contributed by atoms with Gasteiger partial charge in [0.15, 0.2) is 6.10 Å². The summed E-state index contributed by atoms with van der Waals surface area (Å²) in [7, 11) is 0. The number of hydrogen-bond acceptors (Lipinski definition) is 3. The number of fused-ring (bicyclic) bond motifs is 1. The standard InChI is InChI=1S/C15H24N2O4/c18-14(19)13-10-16(8-9-21-13)15(20)17-7-3-5-11-4-1-2-6-12(11)17/h11-13H,1-10H2,(H,18,19)/t11-,12-,13?/m1/s1. The number of carboxylic acids is 1. The molecule has 2 heterocycles. The first-order chi connectivity index (χ1) is 10.2. The molecule has 0 aromatic rings. The van der Waals surface area contributed by atoms with Gasteiger partial charge >= 0.3 is 12.0 Å². The van der Waals surface area contributed by atoms with Crippen molar-refractivity contribution in [1.82, 2.24) is 9.80 Å². The molecule has 0 bridgehead atoms. The predicted octanol–water partition coefficient (Wildman–Crippen LogP) is 1.55. The minimum atomic E-state index is -0.985. The summed E-state index contributed by atoms with van der Waals surface area (Å²) < 4.78 is 5.20. The number of likely N-dealkylation sites (tertiary alicyclic amines) is 1. The topological polar surface area (TPSA) is 70.1 Å². The lowest BCUT2D eigenvalue weighted by molar-refractivity contribution is -0.154. The monoisotopic (exact) mass is 296 g/mol. The van der Waals surface area contributed by atoms with E-state index in [0.29, 0.717) is 25.1 Å². The highest BCUT2D eigenvalue weighted by atomic mass is 16.5. The predicted molar refractivity (Wildman–Crippen MR) is 76.0 cm³/mol. The number of urea groups is 1. The smallest absolute Gasteiger partial charge is 0.334 e. The van der Waals surface area contributed by atoms with Gasteiger partial charge in [0.1, 0.15) is 0 Å². The normalized spacial score (nSPS) is 33.4. The van der Waals surface area contributed by atoms with Gasteiger partial charge in [-0.05, 0) is 31.6 Å². The molecule has 2 saturated heterocycles. The first-order valence-electron chi connectivity index (χ1n) is 8.07. The summed E-state index contributed by atoms with van der Waals surface area (Å²) in [5, 5.41) is 9.06. The number of nitrogens with zero attached hydrogens (tertiary/aromatic N) is 2. The van der Waals surface area contributed by atoms with E-state index in [1.165, 1.54) is 25.7 Å². The van der Waals surface area contributed by atoms with Crippen molar-refractivity contribution in [2.45, 2.75) is 50.7 Å². The number of hydrogen-bond donors (Lipinski definition) is 1. The Kier molecular flexibility index (Phi) is 4.33. The largest absolute Gasteiger partial charge is 0.479 e. The number of ether oxygens (including phenoxy) is 1.